The third-order valence-corrected chi connectivity index (χ3v) is 5.48. The lowest BCUT2D eigenvalue weighted by Gasteiger charge is -2.22. The molecule has 0 aromatic heterocycles. The average molecular weight is 374 g/mol. The Balaban J connectivity index is 2.27. The Bertz CT molecular complexity index is 751. The van der Waals surface area contributed by atoms with Crippen molar-refractivity contribution in [3.8, 4) is 11.8 Å². The molecule has 0 fully saturated rings. The maximum atomic E-state index is 12.7. The summed E-state index contributed by atoms with van der Waals surface area (Å²) in [6.07, 6.45) is 0. The van der Waals surface area contributed by atoms with Crippen LogP contribution < -0.4 is 15.8 Å². The van der Waals surface area contributed by atoms with Gasteiger partial charge in [-0.15, -0.1) is 0 Å². The fourth-order valence-electron chi connectivity index (χ4n) is 2.82. The lowest BCUT2D eigenvalue weighted by Crippen LogP contribution is -2.46. The molecule has 1 heterocycles. The summed E-state index contributed by atoms with van der Waals surface area (Å²) in [5, 5.41) is 11.5. The molecule has 0 spiro atoms. The first kappa shape index (κ1) is 19.7. The third-order valence-electron chi connectivity index (χ3n) is 4.27. The van der Waals surface area contributed by atoms with E-state index < -0.39 is 23.1 Å². The molecule has 0 bridgehead atoms. The van der Waals surface area contributed by atoms with Crippen LogP contribution >= 0.6 is 11.8 Å². The number of rotatable bonds is 5. The first-order chi connectivity index (χ1) is 12.5. The first-order valence-electron chi connectivity index (χ1n) is 8.26. The highest BCUT2D eigenvalue weighted by molar-refractivity contribution is 8.04. The molecule has 3 amide bonds. The largest absolute Gasteiger partial charge is 0.497 e. The van der Waals surface area contributed by atoms with Crippen LogP contribution in [0.5, 0.6) is 5.75 Å². The Morgan fingerprint density at radius 1 is 1.31 bits per heavy atom. The van der Waals surface area contributed by atoms with Gasteiger partial charge in [0.2, 0.25) is 5.91 Å². The van der Waals surface area contributed by atoms with Crippen LogP contribution in [-0.4, -0.2) is 42.3 Å². The molecule has 3 N–H and O–H groups in total. The van der Waals surface area contributed by atoms with Crippen molar-refractivity contribution >= 4 is 23.7 Å². The maximum absolute atomic E-state index is 12.7. The highest BCUT2D eigenvalue weighted by Crippen LogP contribution is 2.45. The van der Waals surface area contributed by atoms with Gasteiger partial charge in [-0.25, -0.2) is 4.79 Å². The van der Waals surface area contributed by atoms with Crippen molar-refractivity contribution in [3.63, 3.8) is 0 Å². The van der Waals surface area contributed by atoms with Gasteiger partial charge in [0.05, 0.1) is 23.8 Å². The molecule has 8 heteroatoms. The van der Waals surface area contributed by atoms with Crippen molar-refractivity contribution in [3.05, 3.63) is 40.4 Å². The van der Waals surface area contributed by atoms with Gasteiger partial charge in [-0.2, -0.15) is 5.26 Å². The number of benzene rings is 1. The highest BCUT2D eigenvalue weighted by Gasteiger charge is 2.41. The number of allylic oxidation sites excluding steroid dienone is 1. The van der Waals surface area contributed by atoms with Gasteiger partial charge in [0, 0.05) is 19.0 Å². The molecule has 0 saturated carbocycles. The molecular formula is C18H22N4O3S. The van der Waals surface area contributed by atoms with Gasteiger partial charge in [0.25, 0.3) is 0 Å². The van der Waals surface area contributed by atoms with E-state index in [0.717, 1.165) is 17.3 Å². The van der Waals surface area contributed by atoms with Crippen LogP contribution in [0.15, 0.2) is 34.9 Å². The molecule has 1 aromatic carbocycles. The summed E-state index contributed by atoms with van der Waals surface area (Å²) < 4.78 is 5.15. The van der Waals surface area contributed by atoms with E-state index >= 15 is 0 Å². The Labute approximate surface area is 157 Å². The molecule has 0 radical (unpaired) electrons. The molecule has 7 nitrogen and oxygen atoms in total. The number of nitrogens with two attached hydrogens (primary N) is 1. The summed E-state index contributed by atoms with van der Waals surface area (Å²) in [4.78, 5) is 26.4. The van der Waals surface area contributed by atoms with Crippen LogP contribution in [0.25, 0.3) is 0 Å². The van der Waals surface area contributed by atoms with E-state index in [-0.39, 0.29) is 0 Å². The van der Waals surface area contributed by atoms with Crippen molar-refractivity contribution in [2.75, 3.05) is 20.2 Å². The van der Waals surface area contributed by atoms with Gasteiger partial charge in [0.15, 0.2) is 0 Å². The Morgan fingerprint density at radius 2 is 1.92 bits per heavy atom. The monoisotopic (exact) mass is 374 g/mol. The van der Waals surface area contributed by atoms with Gasteiger partial charge in [-0.3, -0.25) is 10.1 Å². The van der Waals surface area contributed by atoms with Crippen LogP contribution in [0.2, 0.25) is 0 Å². The number of amides is 3. The number of imide groups is 1. The van der Waals surface area contributed by atoms with Crippen LogP contribution in [-0.2, 0) is 4.79 Å². The lowest BCUT2D eigenvalue weighted by atomic mass is 9.88. The zero-order valence-corrected chi connectivity index (χ0v) is 15.8. The van der Waals surface area contributed by atoms with E-state index in [1.165, 1.54) is 4.90 Å². The molecule has 138 valence electrons. The molecule has 2 rings (SSSR count). The molecule has 0 aliphatic carbocycles. The number of nitrogens with zero attached hydrogens (tertiary/aromatic N) is 2. The van der Waals surface area contributed by atoms with E-state index in [4.69, 9.17) is 10.5 Å². The number of urea groups is 1. The first-order valence-corrected chi connectivity index (χ1v) is 9.14. The summed E-state index contributed by atoms with van der Waals surface area (Å²) in [7, 11) is 1.56. The number of thioether (sulfide) groups is 1. The molecule has 1 aromatic rings. The second-order valence-corrected chi connectivity index (χ2v) is 6.83. The van der Waals surface area contributed by atoms with E-state index in [0.29, 0.717) is 29.4 Å². The SMILES string of the molecule is CCN(CC)C(=O)NC(=O)C1SC(N)=C(C#N)C1c1ccc(OC)cc1. The van der Waals surface area contributed by atoms with Gasteiger partial charge in [-0.05, 0) is 31.5 Å². The molecule has 1 aliphatic heterocycles. The van der Waals surface area contributed by atoms with E-state index in [2.05, 4.69) is 11.4 Å². The van der Waals surface area contributed by atoms with Gasteiger partial charge >= 0.3 is 6.03 Å². The number of ether oxygens (including phenoxy) is 1. The summed E-state index contributed by atoms with van der Waals surface area (Å²) in [5.74, 6) is -0.297. The Morgan fingerprint density at radius 3 is 2.42 bits per heavy atom. The topological polar surface area (TPSA) is 108 Å². The molecule has 0 saturated heterocycles. The number of carbonyl (C=O) groups is 2. The number of hydrogen-bond donors (Lipinski definition) is 2. The molecule has 26 heavy (non-hydrogen) atoms. The summed E-state index contributed by atoms with van der Waals surface area (Å²) in [6, 6.07) is 8.78. The van der Waals surface area contributed by atoms with Crippen molar-refractivity contribution in [1.82, 2.24) is 10.2 Å². The molecule has 1 aliphatic rings. The zero-order chi connectivity index (χ0) is 19.3. The summed E-state index contributed by atoms with van der Waals surface area (Å²) in [6.45, 7) is 4.68. The molecule has 2 unspecified atom stereocenters. The summed E-state index contributed by atoms with van der Waals surface area (Å²) >= 11 is 1.11. The Hall–Kier alpha value is -2.66. The number of carbonyl (C=O) groups excluding carboxylic acids is 2. The maximum Gasteiger partial charge on any atom is 0.324 e. The van der Waals surface area contributed by atoms with E-state index in [1.54, 1.807) is 31.4 Å². The molecule has 2 atom stereocenters. The van der Waals surface area contributed by atoms with E-state index in [1.807, 2.05) is 13.8 Å². The van der Waals surface area contributed by atoms with Gasteiger partial charge in [0.1, 0.15) is 11.0 Å². The second kappa shape index (κ2) is 8.63. The minimum Gasteiger partial charge on any atom is -0.497 e. The number of hydrogen-bond acceptors (Lipinski definition) is 6. The Kier molecular flexibility index (Phi) is 6.52. The summed E-state index contributed by atoms with van der Waals surface area (Å²) in [5.41, 5.74) is 7.08. The van der Waals surface area contributed by atoms with Gasteiger partial charge < -0.3 is 15.4 Å². The predicted octanol–water partition coefficient (Wildman–Crippen LogP) is 2.17. The highest BCUT2D eigenvalue weighted by atomic mass is 32.2. The zero-order valence-electron chi connectivity index (χ0n) is 15.0. The van der Waals surface area contributed by atoms with Crippen LogP contribution in [0, 0.1) is 11.3 Å². The number of methoxy groups -OCH3 is 1. The van der Waals surface area contributed by atoms with Crippen LogP contribution in [0.4, 0.5) is 4.79 Å². The fraction of sp³-hybridized carbons (Fsp3) is 0.389. The van der Waals surface area contributed by atoms with Crippen molar-refractivity contribution in [1.29, 1.82) is 5.26 Å². The van der Waals surface area contributed by atoms with Gasteiger partial charge in [-0.1, -0.05) is 23.9 Å². The average Bonchev–Trinajstić information content (AvgIpc) is 2.99. The van der Waals surface area contributed by atoms with Crippen LogP contribution in [0.1, 0.15) is 25.3 Å². The van der Waals surface area contributed by atoms with Crippen molar-refractivity contribution < 1.29 is 14.3 Å². The number of nitriles is 1. The van der Waals surface area contributed by atoms with E-state index in [9.17, 15) is 14.9 Å². The minimum atomic E-state index is -0.683. The predicted molar refractivity (Wildman–Crippen MR) is 100 cm³/mol. The standard InChI is InChI=1S/C18H22N4O3S/c1-4-22(5-2)18(24)21-17(23)15-14(13(10-19)16(20)26-15)11-6-8-12(25-3)9-7-11/h6-9,14-15H,4-5,20H2,1-3H3,(H,21,23,24). The smallest absolute Gasteiger partial charge is 0.324 e. The fourth-order valence-corrected chi connectivity index (χ4v) is 3.99. The van der Waals surface area contributed by atoms with Crippen molar-refractivity contribution in [2.24, 2.45) is 5.73 Å². The quantitative estimate of drug-likeness (QED) is 0.818. The number of nitrogens with one attached hydrogen (secondary N) is 1. The third kappa shape index (κ3) is 3.94. The van der Waals surface area contributed by atoms with Crippen LogP contribution in [0.3, 0.4) is 0 Å². The van der Waals surface area contributed by atoms with Crippen molar-refractivity contribution in [2.45, 2.75) is 25.0 Å². The second-order valence-electron chi connectivity index (χ2n) is 5.65. The lowest BCUT2D eigenvalue weighted by molar-refractivity contribution is -0.119. The normalized spacial score (nSPS) is 19.0. The minimum absolute atomic E-state index is 0.309. The molecular weight excluding hydrogens is 352 g/mol.